The number of aryl methyl sites for hydroxylation is 1. The second-order valence-electron chi connectivity index (χ2n) is 7.77. The Bertz CT molecular complexity index is 1210. The van der Waals surface area contributed by atoms with Crippen LogP contribution in [0.3, 0.4) is 0 Å². The zero-order valence-corrected chi connectivity index (χ0v) is 20.2. The number of benzene rings is 2. The van der Waals surface area contributed by atoms with E-state index in [0.717, 1.165) is 11.1 Å². The molecule has 1 amide bonds. The quantitative estimate of drug-likeness (QED) is 0.508. The third kappa shape index (κ3) is 5.21. The summed E-state index contributed by atoms with van der Waals surface area (Å²) in [7, 11) is -1.96. The number of para-hydroxylation sites is 2. The van der Waals surface area contributed by atoms with Crippen molar-refractivity contribution in [1.29, 1.82) is 0 Å². The van der Waals surface area contributed by atoms with Gasteiger partial charge < -0.3 is 14.4 Å². The number of sulfonamides is 1. The zero-order valence-electron chi connectivity index (χ0n) is 18.6. The smallest absolute Gasteiger partial charge is 0.264 e. The molecule has 0 radical (unpaired) electrons. The molecule has 2 heterocycles. The van der Waals surface area contributed by atoms with Gasteiger partial charge in [-0.15, -0.1) is 11.3 Å². The Kier molecular flexibility index (Phi) is 7.02. The largest absolute Gasteiger partial charge is 0.493 e. The average Bonchev–Trinajstić information content (AvgIpc) is 3.32. The Morgan fingerprint density at radius 3 is 2.33 bits per heavy atom. The van der Waals surface area contributed by atoms with Crippen LogP contribution in [-0.4, -0.2) is 56.8 Å². The lowest BCUT2D eigenvalue weighted by atomic mass is 10.2. The Hall–Kier alpha value is -2.88. The van der Waals surface area contributed by atoms with Crippen LogP contribution in [-0.2, 0) is 16.6 Å². The molecule has 0 spiro atoms. The maximum Gasteiger partial charge on any atom is 0.264 e. The fourth-order valence-corrected chi connectivity index (χ4v) is 5.90. The lowest BCUT2D eigenvalue weighted by Gasteiger charge is -2.33. The van der Waals surface area contributed by atoms with Gasteiger partial charge in [0, 0.05) is 31.7 Å². The second kappa shape index (κ2) is 9.94. The predicted octanol–water partition coefficient (Wildman–Crippen LogP) is 3.79. The molecule has 0 unspecified atom stereocenters. The van der Waals surface area contributed by atoms with E-state index in [0.29, 0.717) is 36.1 Å². The maximum absolute atomic E-state index is 13.0. The molecule has 1 aliphatic rings. The monoisotopic (exact) mass is 486 g/mol. The van der Waals surface area contributed by atoms with Crippen LogP contribution in [0, 0.1) is 6.92 Å². The van der Waals surface area contributed by atoms with E-state index in [1.165, 1.54) is 15.6 Å². The van der Waals surface area contributed by atoms with Crippen molar-refractivity contribution in [1.82, 2.24) is 9.21 Å². The fraction of sp³-hybridized carbons (Fsp3) is 0.292. The Labute approximate surface area is 198 Å². The highest BCUT2D eigenvalue weighted by molar-refractivity contribution is 7.89. The number of methoxy groups -OCH3 is 1. The van der Waals surface area contributed by atoms with Gasteiger partial charge in [-0.1, -0.05) is 29.8 Å². The lowest BCUT2D eigenvalue weighted by Crippen LogP contribution is -2.50. The zero-order chi connectivity index (χ0) is 23.4. The maximum atomic E-state index is 13.0. The number of carbonyl (C=O) groups excluding carboxylic acids is 1. The van der Waals surface area contributed by atoms with E-state index >= 15 is 0 Å². The van der Waals surface area contributed by atoms with Crippen molar-refractivity contribution in [2.75, 3.05) is 33.3 Å². The van der Waals surface area contributed by atoms with Crippen molar-refractivity contribution in [3.8, 4) is 11.5 Å². The molecule has 0 bridgehead atoms. The van der Waals surface area contributed by atoms with Gasteiger partial charge in [-0.25, -0.2) is 8.42 Å². The lowest BCUT2D eigenvalue weighted by molar-refractivity contribution is 0.0702. The summed E-state index contributed by atoms with van der Waals surface area (Å²) in [6.45, 7) is 3.51. The third-order valence-electron chi connectivity index (χ3n) is 5.51. The van der Waals surface area contributed by atoms with E-state index in [9.17, 15) is 13.2 Å². The van der Waals surface area contributed by atoms with E-state index in [1.54, 1.807) is 36.3 Å². The van der Waals surface area contributed by atoms with E-state index in [2.05, 4.69) is 0 Å². The molecule has 0 N–H and O–H groups in total. The highest BCUT2D eigenvalue weighted by Gasteiger charge is 2.30. The molecule has 1 aliphatic heterocycles. The van der Waals surface area contributed by atoms with Gasteiger partial charge >= 0.3 is 0 Å². The van der Waals surface area contributed by atoms with E-state index in [4.69, 9.17) is 9.47 Å². The highest BCUT2D eigenvalue weighted by atomic mass is 32.2. The Balaban J connectivity index is 1.34. The minimum Gasteiger partial charge on any atom is -0.493 e. The Morgan fingerprint density at radius 2 is 1.67 bits per heavy atom. The minimum atomic E-state index is -3.56. The number of hydrogen-bond acceptors (Lipinski definition) is 6. The molecule has 174 valence electrons. The summed E-state index contributed by atoms with van der Waals surface area (Å²) in [6, 6.07) is 16.1. The van der Waals surface area contributed by atoms with Crippen molar-refractivity contribution in [3.63, 3.8) is 0 Å². The number of hydrogen-bond donors (Lipinski definition) is 0. The number of amides is 1. The molecule has 1 fully saturated rings. The standard InChI is InChI=1S/C24H26N2O5S2/c1-18-7-9-20(10-8-18)33(28,29)26-13-11-25(12-14-26)24(27)23-15-19(17-32-23)16-31-22-6-4-3-5-21(22)30-2/h3-10,15,17H,11-14,16H2,1-2H3. The van der Waals surface area contributed by atoms with Crippen molar-refractivity contribution >= 4 is 27.3 Å². The van der Waals surface area contributed by atoms with Gasteiger partial charge in [0.2, 0.25) is 10.0 Å². The molecule has 9 heteroatoms. The number of rotatable bonds is 7. The Morgan fingerprint density at radius 1 is 1.00 bits per heavy atom. The summed E-state index contributed by atoms with van der Waals surface area (Å²) in [6.07, 6.45) is 0. The number of nitrogens with zero attached hydrogens (tertiary/aromatic N) is 2. The first kappa shape index (κ1) is 23.3. The first-order valence-corrected chi connectivity index (χ1v) is 12.9. The van der Waals surface area contributed by atoms with Crippen LogP contribution in [0.5, 0.6) is 11.5 Å². The van der Waals surface area contributed by atoms with Gasteiger partial charge in [-0.2, -0.15) is 4.31 Å². The van der Waals surface area contributed by atoms with Crippen molar-refractivity contribution in [3.05, 3.63) is 76.0 Å². The summed E-state index contributed by atoms with van der Waals surface area (Å²) in [5.74, 6) is 1.21. The summed E-state index contributed by atoms with van der Waals surface area (Å²) in [5, 5.41) is 1.90. The molecule has 7 nitrogen and oxygen atoms in total. The number of ether oxygens (including phenoxy) is 2. The summed E-state index contributed by atoms with van der Waals surface area (Å²) in [4.78, 5) is 15.6. The predicted molar refractivity (Wildman–Crippen MR) is 127 cm³/mol. The summed E-state index contributed by atoms with van der Waals surface area (Å²) < 4.78 is 38.3. The molecule has 2 aromatic carbocycles. The molecule has 1 saturated heterocycles. The van der Waals surface area contributed by atoms with Gasteiger partial charge in [0.1, 0.15) is 6.61 Å². The molecule has 0 aliphatic carbocycles. The van der Waals surface area contributed by atoms with Crippen LogP contribution in [0.1, 0.15) is 20.8 Å². The van der Waals surface area contributed by atoms with Crippen LogP contribution in [0.25, 0.3) is 0 Å². The van der Waals surface area contributed by atoms with Gasteiger partial charge in [0.05, 0.1) is 16.9 Å². The SMILES string of the molecule is COc1ccccc1OCc1csc(C(=O)N2CCN(S(=O)(=O)c3ccc(C)cc3)CC2)c1. The first-order chi connectivity index (χ1) is 15.9. The molecular weight excluding hydrogens is 460 g/mol. The van der Waals surface area contributed by atoms with E-state index in [1.807, 2.05) is 42.6 Å². The molecule has 3 aromatic rings. The second-order valence-corrected chi connectivity index (χ2v) is 10.6. The molecule has 0 atom stereocenters. The van der Waals surface area contributed by atoms with E-state index < -0.39 is 10.0 Å². The molecule has 0 saturated carbocycles. The van der Waals surface area contributed by atoms with Gasteiger partial charge in [0.15, 0.2) is 11.5 Å². The summed E-state index contributed by atoms with van der Waals surface area (Å²) >= 11 is 1.37. The fourth-order valence-electron chi connectivity index (χ4n) is 3.61. The number of piperazine rings is 1. The van der Waals surface area contributed by atoms with Crippen LogP contribution in [0.2, 0.25) is 0 Å². The van der Waals surface area contributed by atoms with Crippen molar-refractivity contribution in [2.45, 2.75) is 18.4 Å². The molecule has 1 aromatic heterocycles. The molecule has 33 heavy (non-hydrogen) atoms. The van der Waals surface area contributed by atoms with Gasteiger partial charge in [-0.05, 0) is 42.6 Å². The number of carbonyl (C=O) groups is 1. The van der Waals surface area contributed by atoms with Crippen LogP contribution < -0.4 is 9.47 Å². The highest BCUT2D eigenvalue weighted by Crippen LogP contribution is 2.28. The number of thiophene rings is 1. The molecular formula is C24H26N2O5S2. The van der Waals surface area contributed by atoms with Crippen LogP contribution in [0.4, 0.5) is 0 Å². The topological polar surface area (TPSA) is 76.2 Å². The van der Waals surface area contributed by atoms with Crippen molar-refractivity contribution < 1.29 is 22.7 Å². The normalized spacial score (nSPS) is 14.8. The van der Waals surface area contributed by atoms with Gasteiger partial charge in [0.25, 0.3) is 5.91 Å². The van der Waals surface area contributed by atoms with Gasteiger partial charge in [-0.3, -0.25) is 4.79 Å². The summed E-state index contributed by atoms with van der Waals surface area (Å²) in [5.41, 5.74) is 1.91. The first-order valence-electron chi connectivity index (χ1n) is 10.6. The van der Waals surface area contributed by atoms with Crippen LogP contribution in [0.15, 0.2) is 64.9 Å². The average molecular weight is 487 g/mol. The van der Waals surface area contributed by atoms with Crippen LogP contribution >= 0.6 is 11.3 Å². The third-order valence-corrected chi connectivity index (χ3v) is 8.39. The van der Waals surface area contributed by atoms with E-state index in [-0.39, 0.29) is 23.9 Å². The minimum absolute atomic E-state index is 0.0871. The molecule has 4 rings (SSSR count). The van der Waals surface area contributed by atoms with Crippen molar-refractivity contribution in [2.24, 2.45) is 0 Å².